The Morgan fingerprint density at radius 2 is 2.25 bits per heavy atom. The first-order chi connectivity index (χ1) is 9.63. The van der Waals surface area contributed by atoms with Crippen LogP contribution in [0.1, 0.15) is 6.92 Å². The molecule has 3 N–H and O–H groups in total. The fourth-order valence-electron chi connectivity index (χ4n) is 2.30. The third kappa shape index (κ3) is 2.46. The number of benzene rings is 1. The summed E-state index contributed by atoms with van der Waals surface area (Å²) in [6.07, 6.45) is 0. The average molecular weight is 275 g/mol. The fraction of sp³-hybridized carbons (Fsp3) is 0.429. The molecule has 1 aromatic carbocycles. The lowest BCUT2D eigenvalue weighted by Gasteiger charge is -2.31. The molecule has 2 aliphatic rings. The second kappa shape index (κ2) is 5.13. The van der Waals surface area contributed by atoms with Gasteiger partial charge in [-0.25, -0.2) is 0 Å². The number of hydrogen-bond donors (Lipinski definition) is 3. The first kappa shape index (κ1) is 12.9. The van der Waals surface area contributed by atoms with Gasteiger partial charge in [-0.2, -0.15) is 0 Å². The lowest BCUT2D eigenvalue weighted by molar-refractivity contribution is -0.121. The topological polar surface area (TPSA) is 79.5 Å². The number of hydrogen-bond acceptors (Lipinski definition) is 4. The van der Waals surface area contributed by atoms with Gasteiger partial charge < -0.3 is 20.7 Å². The largest absolute Gasteiger partial charge is 0.482 e. The van der Waals surface area contributed by atoms with E-state index in [4.69, 9.17) is 4.74 Å². The molecule has 1 saturated heterocycles. The van der Waals surface area contributed by atoms with Gasteiger partial charge in [-0.05, 0) is 37.2 Å². The van der Waals surface area contributed by atoms with Gasteiger partial charge in [0.15, 0.2) is 6.61 Å². The van der Waals surface area contributed by atoms with Crippen LogP contribution >= 0.6 is 0 Å². The van der Waals surface area contributed by atoms with E-state index in [-0.39, 0.29) is 24.3 Å². The van der Waals surface area contributed by atoms with Crippen LogP contribution < -0.4 is 20.7 Å². The number of ether oxygens (including phenoxy) is 1. The molecule has 20 heavy (non-hydrogen) atoms. The highest BCUT2D eigenvalue weighted by molar-refractivity contribution is 5.98. The zero-order valence-electron chi connectivity index (χ0n) is 11.2. The van der Waals surface area contributed by atoms with E-state index in [0.29, 0.717) is 23.0 Å². The summed E-state index contributed by atoms with van der Waals surface area (Å²) in [4.78, 5) is 23.4. The molecule has 3 rings (SSSR count). The van der Waals surface area contributed by atoms with Crippen LogP contribution in [0.3, 0.4) is 0 Å². The van der Waals surface area contributed by atoms with E-state index in [1.54, 1.807) is 18.2 Å². The minimum absolute atomic E-state index is 0.000459. The molecule has 1 atom stereocenters. The molecule has 0 spiro atoms. The lowest BCUT2D eigenvalue weighted by atomic mass is 9.88. The molecule has 0 saturated carbocycles. The Morgan fingerprint density at radius 3 is 2.95 bits per heavy atom. The Hall–Kier alpha value is -2.08. The first-order valence-electron chi connectivity index (χ1n) is 6.72. The van der Waals surface area contributed by atoms with Crippen molar-refractivity contribution in [3.05, 3.63) is 18.2 Å². The first-order valence-corrected chi connectivity index (χ1v) is 6.72. The van der Waals surface area contributed by atoms with E-state index in [2.05, 4.69) is 16.0 Å². The van der Waals surface area contributed by atoms with Gasteiger partial charge in [-0.1, -0.05) is 6.92 Å². The van der Waals surface area contributed by atoms with Crippen molar-refractivity contribution in [3.63, 3.8) is 0 Å². The molecule has 6 nitrogen and oxygen atoms in total. The molecule has 2 amide bonds. The molecule has 0 aromatic heterocycles. The van der Waals surface area contributed by atoms with Crippen molar-refractivity contribution >= 4 is 23.2 Å². The summed E-state index contributed by atoms with van der Waals surface area (Å²) in [7, 11) is 0. The highest BCUT2D eigenvalue weighted by Crippen LogP contribution is 2.30. The fourth-order valence-corrected chi connectivity index (χ4v) is 2.30. The van der Waals surface area contributed by atoms with E-state index in [1.165, 1.54) is 0 Å². The van der Waals surface area contributed by atoms with E-state index in [9.17, 15) is 9.59 Å². The van der Waals surface area contributed by atoms with Crippen LogP contribution in [0, 0.1) is 11.8 Å². The summed E-state index contributed by atoms with van der Waals surface area (Å²) in [5.74, 6) is 0.807. The predicted molar refractivity (Wildman–Crippen MR) is 74.7 cm³/mol. The van der Waals surface area contributed by atoms with Crippen molar-refractivity contribution in [2.75, 3.05) is 30.3 Å². The summed E-state index contributed by atoms with van der Waals surface area (Å²) in [6, 6.07) is 5.25. The number of carbonyl (C=O) groups is 2. The summed E-state index contributed by atoms with van der Waals surface area (Å²) < 4.78 is 5.27. The zero-order chi connectivity index (χ0) is 14.1. The molecule has 0 aliphatic carbocycles. The molecule has 6 heteroatoms. The summed E-state index contributed by atoms with van der Waals surface area (Å²) in [5.41, 5.74) is 1.26. The van der Waals surface area contributed by atoms with Gasteiger partial charge in [0, 0.05) is 11.6 Å². The molecular weight excluding hydrogens is 258 g/mol. The molecule has 1 unspecified atom stereocenters. The second-order valence-electron chi connectivity index (χ2n) is 5.24. The third-order valence-electron chi connectivity index (χ3n) is 3.81. The Balaban J connectivity index is 1.69. The van der Waals surface area contributed by atoms with Gasteiger partial charge >= 0.3 is 0 Å². The minimum atomic E-state index is -0.185. The van der Waals surface area contributed by atoms with Gasteiger partial charge in [-0.15, -0.1) is 0 Å². The predicted octanol–water partition coefficient (Wildman–Crippen LogP) is 0.811. The molecule has 1 fully saturated rings. The van der Waals surface area contributed by atoms with Crippen molar-refractivity contribution < 1.29 is 14.3 Å². The molecular formula is C14H17N3O3. The maximum atomic E-state index is 12.1. The van der Waals surface area contributed by atoms with Crippen LogP contribution in [-0.4, -0.2) is 31.5 Å². The van der Waals surface area contributed by atoms with Crippen molar-refractivity contribution in [1.29, 1.82) is 0 Å². The van der Waals surface area contributed by atoms with Crippen LogP contribution in [0.2, 0.25) is 0 Å². The Morgan fingerprint density at radius 1 is 1.45 bits per heavy atom. The van der Waals surface area contributed by atoms with Crippen molar-refractivity contribution in [2.24, 2.45) is 11.8 Å². The van der Waals surface area contributed by atoms with Crippen molar-refractivity contribution in [1.82, 2.24) is 5.32 Å². The standard InChI is InChI=1S/C14H17N3O3/c1-8(9-5-15-6-9)14(19)16-10-2-3-12-11(4-10)17-13(18)7-20-12/h2-4,8-9,15H,5-7H2,1H3,(H,16,19)(H,17,18). The van der Waals surface area contributed by atoms with Crippen LogP contribution in [-0.2, 0) is 9.59 Å². The van der Waals surface area contributed by atoms with E-state index in [0.717, 1.165) is 13.1 Å². The van der Waals surface area contributed by atoms with Gasteiger partial charge in [0.1, 0.15) is 5.75 Å². The number of fused-ring (bicyclic) bond motifs is 1. The maximum absolute atomic E-state index is 12.1. The minimum Gasteiger partial charge on any atom is -0.482 e. The summed E-state index contributed by atoms with van der Waals surface area (Å²) in [5, 5.41) is 8.77. The van der Waals surface area contributed by atoms with Crippen LogP contribution in [0.15, 0.2) is 18.2 Å². The molecule has 2 heterocycles. The number of anilines is 2. The van der Waals surface area contributed by atoms with Crippen molar-refractivity contribution in [2.45, 2.75) is 6.92 Å². The van der Waals surface area contributed by atoms with E-state index in [1.807, 2.05) is 6.92 Å². The quantitative estimate of drug-likeness (QED) is 0.762. The van der Waals surface area contributed by atoms with Gasteiger partial charge in [0.2, 0.25) is 5.91 Å². The zero-order valence-corrected chi connectivity index (χ0v) is 11.2. The summed E-state index contributed by atoms with van der Waals surface area (Å²) in [6.45, 7) is 3.75. The van der Waals surface area contributed by atoms with E-state index < -0.39 is 0 Å². The summed E-state index contributed by atoms with van der Waals surface area (Å²) >= 11 is 0. The highest BCUT2D eigenvalue weighted by Gasteiger charge is 2.28. The number of amides is 2. The average Bonchev–Trinajstić information content (AvgIpc) is 2.36. The van der Waals surface area contributed by atoms with Gasteiger partial charge in [0.25, 0.3) is 5.91 Å². The molecule has 1 aromatic rings. The normalized spacial score (nSPS) is 19.1. The molecule has 106 valence electrons. The number of carbonyl (C=O) groups excluding carboxylic acids is 2. The monoisotopic (exact) mass is 275 g/mol. The van der Waals surface area contributed by atoms with Crippen LogP contribution in [0.25, 0.3) is 0 Å². The highest BCUT2D eigenvalue weighted by atomic mass is 16.5. The SMILES string of the molecule is CC(C(=O)Nc1ccc2c(c1)NC(=O)CO2)C1CNC1. The van der Waals surface area contributed by atoms with E-state index >= 15 is 0 Å². The molecule has 0 bridgehead atoms. The smallest absolute Gasteiger partial charge is 0.262 e. The van der Waals surface area contributed by atoms with Gasteiger partial charge in [-0.3, -0.25) is 9.59 Å². The van der Waals surface area contributed by atoms with Crippen LogP contribution in [0.5, 0.6) is 5.75 Å². The lowest BCUT2D eigenvalue weighted by Crippen LogP contribution is -2.48. The molecule has 2 aliphatic heterocycles. The Bertz CT molecular complexity index is 555. The number of rotatable bonds is 3. The maximum Gasteiger partial charge on any atom is 0.262 e. The Kier molecular flexibility index (Phi) is 3.31. The molecule has 0 radical (unpaired) electrons. The van der Waals surface area contributed by atoms with Crippen molar-refractivity contribution in [3.8, 4) is 5.75 Å². The van der Waals surface area contributed by atoms with Gasteiger partial charge in [0.05, 0.1) is 5.69 Å². The second-order valence-corrected chi connectivity index (χ2v) is 5.24. The third-order valence-corrected chi connectivity index (χ3v) is 3.81. The Labute approximate surface area is 116 Å². The number of nitrogens with one attached hydrogen (secondary N) is 3. The van der Waals surface area contributed by atoms with Crippen LogP contribution in [0.4, 0.5) is 11.4 Å².